The number of hydrogen-bond acceptors (Lipinski definition) is 3. The molecule has 0 bridgehead atoms. The maximum absolute atomic E-state index is 13.0. The molecular weight excluding hydrogens is 306 g/mol. The smallest absolute Gasteiger partial charge is 0.409 e. The number of aromatic nitrogens is 1. The summed E-state index contributed by atoms with van der Waals surface area (Å²) in [5.41, 5.74) is 3.76. The maximum atomic E-state index is 13.0. The zero-order chi connectivity index (χ0) is 17.3. The average molecular weight is 329 g/mol. The van der Waals surface area contributed by atoms with Crippen molar-refractivity contribution in [2.75, 3.05) is 32.8 Å². The highest BCUT2D eigenvalue weighted by atomic mass is 16.6. The molecule has 1 aromatic carbocycles. The Labute approximate surface area is 141 Å². The summed E-state index contributed by atoms with van der Waals surface area (Å²) in [6.07, 6.45) is -0.302. The molecule has 1 aliphatic rings. The van der Waals surface area contributed by atoms with Crippen molar-refractivity contribution in [2.24, 2.45) is 0 Å². The molecule has 2 amide bonds. The Kier molecular flexibility index (Phi) is 4.46. The third-order valence-corrected chi connectivity index (χ3v) is 4.45. The number of carbonyl (C=O) groups excluding carboxylic acids is 2. The van der Waals surface area contributed by atoms with Gasteiger partial charge in [-0.3, -0.25) is 4.79 Å². The van der Waals surface area contributed by atoms with Crippen LogP contribution in [-0.2, 0) is 4.74 Å². The van der Waals surface area contributed by atoms with E-state index in [1.807, 2.05) is 30.9 Å². The van der Waals surface area contributed by atoms with Crippen LogP contribution in [-0.4, -0.2) is 59.6 Å². The number of carbonyl (C=O) groups is 2. The van der Waals surface area contributed by atoms with Crippen molar-refractivity contribution in [2.45, 2.75) is 20.8 Å². The van der Waals surface area contributed by atoms with E-state index in [1.54, 1.807) is 11.8 Å². The van der Waals surface area contributed by atoms with Crippen molar-refractivity contribution in [3.05, 3.63) is 35.0 Å². The average Bonchev–Trinajstić information content (AvgIpc) is 2.89. The lowest BCUT2D eigenvalue weighted by Crippen LogP contribution is -2.50. The second-order valence-electron chi connectivity index (χ2n) is 6.15. The Morgan fingerprint density at radius 3 is 2.46 bits per heavy atom. The fraction of sp³-hybridized carbons (Fsp3) is 0.444. The summed E-state index contributed by atoms with van der Waals surface area (Å²) in [6, 6.07) is 6.07. The Bertz CT molecular complexity index is 773. The van der Waals surface area contributed by atoms with Gasteiger partial charge < -0.3 is 19.5 Å². The van der Waals surface area contributed by atoms with E-state index in [1.165, 1.54) is 0 Å². The van der Waals surface area contributed by atoms with Gasteiger partial charge in [-0.2, -0.15) is 0 Å². The van der Waals surface area contributed by atoms with Gasteiger partial charge in [0, 0.05) is 42.8 Å². The summed E-state index contributed by atoms with van der Waals surface area (Å²) in [6.45, 7) is 8.18. The zero-order valence-electron chi connectivity index (χ0n) is 14.4. The molecule has 1 N–H and O–H groups in total. The zero-order valence-corrected chi connectivity index (χ0v) is 14.4. The number of rotatable bonds is 2. The van der Waals surface area contributed by atoms with Crippen LogP contribution in [0.4, 0.5) is 4.79 Å². The first-order valence-electron chi connectivity index (χ1n) is 8.31. The minimum absolute atomic E-state index is 0.0195. The normalized spacial score (nSPS) is 15.0. The molecule has 1 aromatic heterocycles. The Hall–Kier alpha value is -2.50. The van der Waals surface area contributed by atoms with Crippen molar-refractivity contribution >= 4 is 22.9 Å². The summed E-state index contributed by atoms with van der Waals surface area (Å²) >= 11 is 0. The third kappa shape index (κ3) is 2.96. The number of hydrogen-bond donors (Lipinski definition) is 1. The van der Waals surface area contributed by atoms with Gasteiger partial charge in [0.15, 0.2) is 0 Å². The molecule has 0 spiro atoms. The lowest BCUT2D eigenvalue weighted by Gasteiger charge is -2.34. The predicted octanol–water partition coefficient (Wildman–Crippen LogP) is 2.70. The molecule has 2 aromatic rings. The molecule has 1 fully saturated rings. The first kappa shape index (κ1) is 16.4. The van der Waals surface area contributed by atoms with Crippen LogP contribution in [0, 0.1) is 13.8 Å². The molecule has 2 heterocycles. The van der Waals surface area contributed by atoms with Gasteiger partial charge in [0.25, 0.3) is 5.91 Å². The molecule has 3 rings (SSSR count). The number of aromatic amines is 1. The molecule has 0 aliphatic carbocycles. The summed E-state index contributed by atoms with van der Waals surface area (Å²) in [5, 5.41) is 0.955. The Morgan fingerprint density at radius 1 is 1.12 bits per heavy atom. The number of H-pyrrole nitrogens is 1. The number of benzene rings is 1. The fourth-order valence-corrected chi connectivity index (χ4v) is 3.19. The third-order valence-electron chi connectivity index (χ3n) is 4.45. The van der Waals surface area contributed by atoms with Crippen molar-refractivity contribution in [1.29, 1.82) is 0 Å². The van der Waals surface area contributed by atoms with Crippen LogP contribution >= 0.6 is 0 Å². The van der Waals surface area contributed by atoms with E-state index in [4.69, 9.17) is 4.74 Å². The van der Waals surface area contributed by atoms with Gasteiger partial charge in [-0.15, -0.1) is 0 Å². The van der Waals surface area contributed by atoms with Crippen molar-refractivity contribution in [1.82, 2.24) is 14.8 Å². The number of amides is 2. The first-order chi connectivity index (χ1) is 11.5. The van der Waals surface area contributed by atoms with Crippen molar-refractivity contribution in [3.8, 4) is 0 Å². The van der Waals surface area contributed by atoms with Gasteiger partial charge in [0.1, 0.15) is 0 Å². The molecule has 24 heavy (non-hydrogen) atoms. The van der Waals surface area contributed by atoms with Gasteiger partial charge in [-0.05, 0) is 32.4 Å². The lowest BCUT2D eigenvalue weighted by molar-refractivity contribution is 0.0571. The van der Waals surface area contributed by atoms with Crippen molar-refractivity contribution < 1.29 is 14.3 Å². The van der Waals surface area contributed by atoms with E-state index in [0.29, 0.717) is 32.8 Å². The number of piperazine rings is 1. The largest absolute Gasteiger partial charge is 0.450 e. The molecular formula is C18H23N3O3. The SMILES string of the molecule is CCOC(=O)N1CCN(C(=O)c2c(C)[nH]c3cc(C)ccc23)CC1. The number of nitrogens with one attached hydrogen (secondary N) is 1. The molecule has 0 unspecified atom stereocenters. The van der Waals surface area contributed by atoms with Gasteiger partial charge in [-0.1, -0.05) is 12.1 Å². The monoisotopic (exact) mass is 329 g/mol. The molecule has 0 atom stereocenters. The van der Waals surface area contributed by atoms with Crippen LogP contribution in [0.25, 0.3) is 10.9 Å². The minimum Gasteiger partial charge on any atom is -0.450 e. The van der Waals surface area contributed by atoms with E-state index in [9.17, 15) is 9.59 Å². The summed E-state index contributed by atoms with van der Waals surface area (Å²) in [5.74, 6) is 0.0195. The van der Waals surface area contributed by atoms with Crippen LogP contribution in [0.5, 0.6) is 0 Å². The molecule has 0 radical (unpaired) electrons. The molecule has 128 valence electrons. The van der Waals surface area contributed by atoms with Crippen LogP contribution < -0.4 is 0 Å². The first-order valence-corrected chi connectivity index (χ1v) is 8.31. The summed E-state index contributed by atoms with van der Waals surface area (Å²) in [7, 11) is 0. The minimum atomic E-state index is -0.302. The van der Waals surface area contributed by atoms with Gasteiger partial charge in [0.05, 0.1) is 12.2 Å². The summed E-state index contributed by atoms with van der Waals surface area (Å²) < 4.78 is 5.02. The van der Waals surface area contributed by atoms with Crippen LogP contribution in [0.1, 0.15) is 28.5 Å². The number of ether oxygens (including phenoxy) is 1. The van der Waals surface area contributed by atoms with Gasteiger partial charge in [0.2, 0.25) is 0 Å². The second kappa shape index (κ2) is 6.55. The van der Waals surface area contributed by atoms with E-state index >= 15 is 0 Å². The molecule has 6 heteroatoms. The molecule has 0 saturated carbocycles. The topological polar surface area (TPSA) is 65.6 Å². The predicted molar refractivity (Wildman–Crippen MR) is 92.3 cm³/mol. The Balaban J connectivity index is 1.77. The van der Waals surface area contributed by atoms with E-state index in [0.717, 1.165) is 27.7 Å². The summed E-state index contributed by atoms with van der Waals surface area (Å²) in [4.78, 5) is 31.5. The molecule has 1 aliphatic heterocycles. The molecule has 6 nitrogen and oxygen atoms in total. The van der Waals surface area contributed by atoms with E-state index in [2.05, 4.69) is 11.1 Å². The second-order valence-corrected chi connectivity index (χ2v) is 6.15. The standard InChI is InChI=1S/C18H23N3O3/c1-4-24-18(23)21-9-7-20(8-10-21)17(22)16-13(3)19-15-11-12(2)5-6-14(15)16/h5-6,11,19H,4,7-10H2,1-3H3. The van der Waals surface area contributed by atoms with E-state index in [-0.39, 0.29) is 12.0 Å². The van der Waals surface area contributed by atoms with Crippen LogP contribution in [0.3, 0.4) is 0 Å². The van der Waals surface area contributed by atoms with Crippen molar-refractivity contribution in [3.63, 3.8) is 0 Å². The highest BCUT2D eigenvalue weighted by Gasteiger charge is 2.27. The highest BCUT2D eigenvalue weighted by Crippen LogP contribution is 2.25. The van der Waals surface area contributed by atoms with Gasteiger partial charge in [-0.25, -0.2) is 4.79 Å². The quantitative estimate of drug-likeness (QED) is 0.921. The molecule has 1 saturated heterocycles. The van der Waals surface area contributed by atoms with Gasteiger partial charge >= 0.3 is 6.09 Å². The number of aryl methyl sites for hydroxylation is 2. The number of fused-ring (bicyclic) bond motifs is 1. The maximum Gasteiger partial charge on any atom is 0.409 e. The fourth-order valence-electron chi connectivity index (χ4n) is 3.19. The number of nitrogens with zero attached hydrogens (tertiary/aromatic N) is 2. The van der Waals surface area contributed by atoms with Crippen LogP contribution in [0.2, 0.25) is 0 Å². The highest BCUT2D eigenvalue weighted by molar-refractivity contribution is 6.08. The van der Waals surface area contributed by atoms with E-state index < -0.39 is 0 Å². The lowest BCUT2D eigenvalue weighted by atomic mass is 10.1. The Morgan fingerprint density at radius 2 is 1.79 bits per heavy atom. The van der Waals surface area contributed by atoms with Crippen LogP contribution in [0.15, 0.2) is 18.2 Å².